The molecule has 0 saturated carbocycles. The molecule has 0 radical (unpaired) electrons. The molecule has 0 aliphatic carbocycles. The second kappa shape index (κ2) is 6.29. The number of nitrogens with two attached hydrogens (primary N) is 1. The molecule has 1 aromatic rings. The average Bonchev–Trinajstić information content (AvgIpc) is 2.49. The van der Waals surface area contributed by atoms with Crippen LogP contribution in [0.1, 0.15) is 12.8 Å². The Kier molecular flexibility index (Phi) is 4.46. The molecule has 1 aromatic heterocycles. The minimum absolute atomic E-state index is 0.0274. The minimum Gasteiger partial charge on any atom is -0.341 e. The lowest BCUT2D eigenvalue weighted by atomic mass is 9.96. The number of hydrazine groups is 1. The SMILES string of the molecule is NNC(=O)C1CCN(C(=O)Cn2cccnc2=O)CC1. The van der Waals surface area contributed by atoms with Crippen LogP contribution >= 0.6 is 0 Å². The van der Waals surface area contributed by atoms with Crippen molar-refractivity contribution in [2.75, 3.05) is 13.1 Å². The maximum Gasteiger partial charge on any atom is 0.347 e. The number of nitrogens with one attached hydrogen (secondary N) is 1. The summed E-state index contributed by atoms with van der Waals surface area (Å²) in [5, 5.41) is 0. The van der Waals surface area contributed by atoms with E-state index < -0.39 is 5.69 Å². The zero-order chi connectivity index (χ0) is 14.5. The van der Waals surface area contributed by atoms with Crippen molar-refractivity contribution in [3.05, 3.63) is 28.9 Å². The number of piperidine rings is 1. The molecule has 1 fully saturated rings. The maximum atomic E-state index is 12.1. The molecule has 0 atom stereocenters. The molecule has 0 aromatic carbocycles. The summed E-state index contributed by atoms with van der Waals surface area (Å²) in [5.41, 5.74) is 1.68. The lowest BCUT2D eigenvalue weighted by Crippen LogP contribution is -2.46. The number of aromatic nitrogens is 2. The fourth-order valence-electron chi connectivity index (χ4n) is 2.26. The molecule has 2 amide bonds. The fourth-order valence-corrected chi connectivity index (χ4v) is 2.26. The van der Waals surface area contributed by atoms with Gasteiger partial charge in [-0.1, -0.05) is 0 Å². The molecule has 3 N–H and O–H groups in total. The zero-order valence-electron chi connectivity index (χ0n) is 11.0. The van der Waals surface area contributed by atoms with Crippen LogP contribution in [0.2, 0.25) is 0 Å². The molecule has 1 aliphatic heterocycles. The van der Waals surface area contributed by atoms with Crippen LogP contribution in [0.4, 0.5) is 0 Å². The monoisotopic (exact) mass is 279 g/mol. The van der Waals surface area contributed by atoms with E-state index in [-0.39, 0.29) is 24.3 Å². The maximum absolute atomic E-state index is 12.1. The van der Waals surface area contributed by atoms with E-state index in [0.29, 0.717) is 25.9 Å². The fraction of sp³-hybridized carbons (Fsp3) is 0.500. The first kappa shape index (κ1) is 14.2. The van der Waals surface area contributed by atoms with Gasteiger partial charge in [0.2, 0.25) is 11.8 Å². The van der Waals surface area contributed by atoms with Crippen molar-refractivity contribution in [2.45, 2.75) is 19.4 Å². The van der Waals surface area contributed by atoms with Gasteiger partial charge >= 0.3 is 5.69 Å². The lowest BCUT2D eigenvalue weighted by molar-refractivity contribution is -0.136. The molecular formula is C12H17N5O3. The van der Waals surface area contributed by atoms with Gasteiger partial charge in [-0.2, -0.15) is 0 Å². The second-order valence-corrected chi connectivity index (χ2v) is 4.69. The molecule has 8 heteroatoms. The lowest BCUT2D eigenvalue weighted by Gasteiger charge is -2.31. The normalized spacial score (nSPS) is 15.9. The Morgan fingerprint density at radius 2 is 2.10 bits per heavy atom. The van der Waals surface area contributed by atoms with Gasteiger partial charge in [0.05, 0.1) is 0 Å². The number of likely N-dealkylation sites (tertiary alicyclic amines) is 1. The highest BCUT2D eigenvalue weighted by atomic mass is 16.2. The highest BCUT2D eigenvalue weighted by Crippen LogP contribution is 2.17. The van der Waals surface area contributed by atoms with Gasteiger partial charge in [-0.3, -0.25) is 19.6 Å². The van der Waals surface area contributed by atoms with Crippen LogP contribution in [-0.2, 0) is 16.1 Å². The predicted molar refractivity (Wildman–Crippen MR) is 70.1 cm³/mol. The molecule has 8 nitrogen and oxygen atoms in total. The van der Waals surface area contributed by atoms with Crippen LogP contribution in [-0.4, -0.2) is 39.4 Å². The van der Waals surface area contributed by atoms with Crippen LogP contribution in [0, 0.1) is 5.92 Å². The number of rotatable bonds is 3. The first-order valence-corrected chi connectivity index (χ1v) is 6.41. The number of nitrogens with zero attached hydrogens (tertiary/aromatic N) is 3. The smallest absolute Gasteiger partial charge is 0.341 e. The van der Waals surface area contributed by atoms with Gasteiger partial charge in [0, 0.05) is 31.4 Å². The molecule has 1 saturated heterocycles. The van der Waals surface area contributed by atoms with Gasteiger partial charge in [-0.25, -0.2) is 15.6 Å². The van der Waals surface area contributed by atoms with Crippen LogP contribution in [0.5, 0.6) is 0 Å². The minimum atomic E-state index is -0.446. The number of carbonyl (C=O) groups is 2. The summed E-state index contributed by atoms with van der Waals surface area (Å²) < 4.78 is 1.26. The second-order valence-electron chi connectivity index (χ2n) is 4.69. The zero-order valence-corrected chi connectivity index (χ0v) is 11.0. The molecule has 2 heterocycles. The Morgan fingerprint density at radius 1 is 1.40 bits per heavy atom. The van der Waals surface area contributed by atoms with Gasteiger partial charge in [0.25, 0.3) is 0 Å². The van der Waals surface area contributed by atoms with E-state index in [9.17, 15) is 14.4 Å². The molecule has 2 rings (SSSR count). The van der Waals surface area contributed by atoms with E-state index in [2.05, 4.69) is 10.4 Å². The Balaban J connectivity index is 1.91. The van der Waals surface area contributed by atoms with Gasteiger partial charge < -0.3 is 4.90 Å². The first-order valence-electron chi connectivity index (χ1n) is 6.41. The Hall–Kier alpha value is -2.22. The van der Waals surface area contributed by atoms with Crippen LogP contribution < -0.4 is 17.0 Å². The largest absolute Gasteiger partial charge is 0.347 e. The highest BCUT2D eigenvalue weighted by molar-refractivity contribution is 5.79. The first-order chi connectivity index (χ1) is 9.61. The summed E-state index contributed by atoms with van der Waals surface area (Å²) >= 11 is 0. The molecule has 20 heavy (non-hydrogen) atoms. The summed E-state index contributed by atoms with van der Waals surface area (Å²) in [6, 6.07) is 1.60. The van der Waals surface area contributed by atoms with E-state index in [1.54, 1.807) is 11.0 Å². The van der Waals surface area contributed by atoms with Gasteiger partial charge in [0.1, 0.15) is 6.54 Å². The summed E-state index contributed by atoms with van der Waals surface area (Å²) in [6.45, 7) is 0.957. The summed E-state index contributed by atoms with van der Waals surface area (Å²) in [5.74, 6) is 4.60. The Labute approximate surface area is 115 Å². The number of carbonyl (C=O) groups excluding carboxylic acids is 2. The molecule has 1 aliphatic rings. The third kappa shape index (κ3) is 3.21. The molecule has 108 valence electrons. The van der Waals surface area contributed by atoms with Gasteiger partial charge in [0.15, 0.2) is 0 Å². The van der Waals surface area contributed by atoms with E-state index in [1.165, 1.54) is 17.0 Å². The predicted octanol–water partition coefficient (Wildman–Crippen LogP) is -1.53. The quantitative estimate of drug-likeness (QED) is 0.396. The van der Waals surface area contributed by atoms with E-state index in [1.807, 2.05) is 0 Å². The number of amides is 2. The van der Waals surface area contributed by atoms with Crippen molar-refractivity contribution in [2.24, 2.45) is 11.8 Å². The van der Waals surface area contributed by atoms with Crippen molar-refractivity contribution in [3.8, 4) is 0 Å². The molecular weight excluding hydrogens is 262 g/mol. The average molecular weight is 279 g/mol. The van der Waals surface area contributed by atoms with Gasteiger partial charge in [-0.15, -0.1) is 0 Å². The standard InChI is InChI=1S/C12H17N5O3/c13-15-11(19)9-2-6-16(7-3-9)10(18)8-17-5-1-4-14-12(17)20/h1,4-5,9H,2-3,6-8,13H2,(H,15,19). The number of hydrogen-bond acceptors (Lipinski definition) is 5. The van der Waals surface area contributed by atoms with Gasteiger partial charge in [-0.05, 0) is 18.9 Å². The van der Waals surface area contributed by atoms with Crippen molar-refractivity contribution in [1.29, 1.82) is 0 Å². The van der Waals surface area contributed by atoms with Crippen molar-refractivity contribution in [1.82, 2.24) is 19.9 Å². The van der Waals surface area contributed by atoms with Crippen LogP contribution in [0.25, 0.3) is 0 Å². The summed E-state index contributed by atoms with van der Waals surface area (Å²) in [4.78, 5) is 40.1. The number of hydrogen-bond donors (Lipinski definition) is 2. The third-order valence-corrected chi connectivity index (χ3v) is 3.45. The summed E-state index contributed by atoms with van der Waals surface area (Å²) in [6.07, 6.45) is 4.08. The third-order valence-electron chi connectivity index (χ3n) is 3.45. The Morgan fingerprint density at radius 3 is 2.70 bits per heavy atom. The summed E-state index contributed by atoms with van der Waals surface area (Å²) in [7, 11) is 0. The molecule has 0 spiro atoms. The topological polar surface area (TPSA) is 110 Å². The van der Waals surface area contributed by atoms with Crippen LogP contribution in [0.3, 0.4) is 0 Å². The van der Waals surface area contributed by atoms with Crippen molar-refractivity contribution >= 4 is 11.8 Å². The highest BCUT2D eigenvalue weighted by Gasteiger charge is 2.26. The van der Waals surface area contributed by atoms with E-state index >= 15 is 0 Å². The molecule has 0 unspecified atom stereocenters. The van der Waals surface area contributed by atoms with E-state index in [4.69, 9.17) is 5.84 Å². The van der Waals surface area contributed by atoms with E-state index in [0.717, 1.165) is 0 Å². The molecule has 0 bridgehead atoms. The Bertz CT molecular complexity index is 548. The van der Waals surface area contributed by atoms with Crippen molar-refractivity contribution in [3.63, 3.8) is 0 Å². The van der Waals surface area contributed by atoms with Crippen molar-refractivity contribution < 1.29 is 9.59 Å². The van der Waals surface area contributed by atoms with Crippen LogP contribution in [0.15, 0.2) is 23.3 Å².